The smallest absolute Gasteiger partial charge is 0.357 e. The van der Waals surface area contributed by atoms with Gasteiger partial charge in [-0.2, -0.15) is 5.10 Å². The van der Waals surface area contributed by atoms with Crippen LogP contribution in [0.5, 0.6) is 0 Å². The predicted octanol–water partition coefficient (Wildman–Crippen LogP) is 0.714. The van der Waals surface area contributed by atoms with Gasteiger partial charge in [-0.05, 0) is 18.2 Å². The molecule has 0 aliphatic heterocycles. The molecule has 0 bridgehead atoms. The molecule has 0 spiro atoms. The van der Waals surface area contributed by atoms with Gasteiger partial charge in [0.2, 0.25) is 5.91 Å². The summed E-state index contributed by atoms with van der Waals surface area (Å²) in [4.78, 5) is 47.5. The molecule has 0 saturated heterocycles. The maximum atomic E-state index is 12.4. The Labute approximate surface area is 151 Å². The molecule has 10 nitrogen and oxygen atoms in total. The van der Waals surface area contributed by atoms with Crippen LogP contribution in [-0.4, -0.2) is 32.8 Å². The summed E-state index contributed by atoms with van der Waals surface area (Å²) in [6.45, 7) is -0.540. The molecule has 138 valence electrons. The Morgan fingerprint density at radius 3 is 2.52 bits per heavy atom. The van der Waals surface area contributed by atoms with Crippen LogP contribution in [0.3, 0.4) is 0 Å². The van der Waals surface area contributed by atoms with E-state index in [0.29, 0.717) is 10.4 Å². The number of carbonyl (C=O) groups excluding carboxylic acids is 2. The van der Waals surface area contributed by atoms with Crippen molar-refractivity contribution in [2.45, 2.75) is 13.1 Å². The van der Waals surface area contributed by atoms with Crippen molar-refractivity contribution in [3.8, 4) is 0 Å². The Kier molecular flexibility index (Phi) is 4.97. The van der Waals surface area contributed by atoms with E-state index in [-0.39, 0.29) is 23.0 Å². The van der Waals surface area contributed by atoms with Crippen LogP contribution in [0.25, 0.3) is 10.8 Å². The molecule has 0 fully saturated rings. The standard InChI is InChI=1S/C17H14N4O6/c22-13(19-17(26)18-8-10-4-3-7-27-10)9-21-15(23)12-6-2-1-5-11(12)14(20-21)16(24)25/h1-7H,8-9H2,(H,24,25)(H2,18,19,22,26). The number of hydrogen-bond donors (Lipinski definition) is 3. The molecular weight excluding hydrogens is 356 g/mol. The van der Waals surface area contributed by atoms with Crippen LogP contribution in [0.1, 0.15) is 16.2 Å². The fourth-order valence-corrected chi connectivity index (χ4v) is 2.43. The summed E-state index contributed by atoms with van der Waals surface area (Å²) in [6, 6.07) is 8.56. The Morgan fingerprint density at radius 1 is 1.11 bits per heavy atom. The second kappa shape index (κ2) is 7.52. The van der Waals surface area contributed by atoms with E-state index < -0.39 is 30.0 Å². The monoisotopic (exact) mass is 370 g/mol. The van der Waals surface area contributed by atoms with Gasteiger partial charge in [-0.25, -0.2) is 14.3 Å². The van der Waals surface area contributed by atoms with Crippen LogP contribution in [-0.2, 0) is 17.9 Å². The molecule has 3 N–H and O–H groups in total. The number of rotatable bonds is 5. The summed E-state index contributed by atoms with van der Waals surface area (Å²) in [5.74, 6) is -1.67. The normalized spacial score (nSPS) is 10.5. The highest BCUT2D eigenvalue weighted by atomic mass is 16.4. The van der Waals surface area contributed by atoms with Crippen molar-refractivity contribution in [2.75, 3.05) is 0 Å². The van der Waals surface area contributed by atoms with Gasteiger partial charge in [-0.1, -0.05) is 18.2 Å². The number of nitrogens with one attached hydrogen (secondary N) is 2. The van der Waals surface area contributed by atoms with Gasteiger partial charge in [0.1, 0.15) is 12.3 Å². The molecule has 0 radical (unpaired) electrons. The molecule has 3 rings (SSSR count). The van der Waals surface area contributed by atoms with E-state index in [1.54, 1.807) is 24.3 Å². The van der Waals surface area contributed by atoms with Crippen LogP contribution in [0, 0.1) is 0 Å². The van der Waals surface area contributed by atoms with E-state index in [0.717, 1.165) is 0 Å². The van der Waals surface area contributed by atoms with Gasteiger partial charge >= 0.3 is 12.0 Å². The number of urea groups is 1. The third kappa shape index (κ3) is 4.00. The number of hydrogen-bond acceptors (Lipinski definition) is 6. The summed E-state index contributed by atoms with van der Waals surface area (Å²) >= 11 is 0. The maximum Gasteiger partial charge on any atom is 0.357 e. The topological polar surface area (TPSA) is 144 Å². The first-order valence-electron chi connectivity index (χ1n) is 7.79. The highest BCUT2D eigenvalue weighted by molar-refractivity contribution is 6.01. The Morgan fingerprint density at radius 2 is 1.85 bits per heavy atom. The molecule has 27 heavy (non-hydrogen) atoms. The molecule has 0 atom stereocenters. The van der Waals surface area contributed by atoms with Gasteiger partial charge in [-0.3, -0.25) is 14.9 Å². The molecule has 10 heteroatoms. The van der Waals surface area contributed by atoms with E-state index in [9.17, 15) is 24.3 Å². The number of benzene rings is 1. The van der Waals surface area contributed by atoms with Crippen molar-refractivity contribution in [1.82, 2.24) is 20.4 Å². The van der Waals surface area contributed by atoms with Gasteiger partial charge in [0.15, 0.2) is 5.69 Å². The molecular formula is C17H14N4O6. The van der Waals surface area contributed by atoms with Crippen LogP contribution >= 0.6 is 0 Å². The molecule has 0 aliphatic carbocycles. The highest BCUT2D eigenvalue weighted by Crippen LogP contribution is 2.12. The van der Waals surface area contributed by atoms with E-state index in [1.165, 1.54) is 18.4 Å². The lowest BCUT2D eigenvalue weighted by Crippen LogP contribution is -2.42. The van der Waals surface area contributed by atoms with Gasteiger partial charge in [0, 0.05) is 5.39 Å². The number of aromatic nitrogens is 2. The Balaban J connectivity index is 1.74. The summed E-state index contributed by atoms with van der Waals surface area (Å²) in [6.07, 6.45) is 1.44. The number of aromatic carboxylic acids is 1. The fraction of sp³-hybridized carbons (Fsp3) is 0.118. The second-order valence-corrected chi connectivity index (χ2v) is 5.47. The zero-order chi connectivity index (χ0) is 19.4. The Bertz CT molecular complexity index is 1070. The van der Waals surface area contributed by atoms with Crippen LogP contribution in [0.2, 0.25) is 0 Å². The first kappa shape index (κ1) is 17.9. The van der Waals surface area contributed by atoms with Crippen molar-refractivity contribution >= 4 is 28.7 Å². The van der Waals surface area contributed by atoms with Crippen LogP contribution in [0.15, 0.2) is 51.9 Å². The van der Waals surface area contributed by atoms with E-state index >= 15 is 0 Å². The van der Waals surface area contributed by atoms with E-state index in [4.69, 9.17) is 4.42 Å². The zero-order valence-corrected chi connectivity index (χ0v) is 13.8. The number of amides is 3. The van der Waals surface area contributed by atoms with E-state index in [2.05, 4.69) is 10.4 Å². The number of carboxylic acids is 1. The average molecular weight is 370 g/mol. The molecule has 2 heterocycles. The number of fused-ring (bicyclic) bond motifs is 1. The maximum absolute atomic E-state index is 12.4. The van der Waals surface area contributed by atoms with Crippen molar-refractivity contribution in [1.29, 1.82) is 0 Å². The lowest BCUT2D eigenvalue weighted by Gasteiger charge is -2.09. The molecule has 3 aromatic rings. The van der Waals surface area contributed by atoms with Gasteiger partial charge < -0.3 is 14.8 Å². The van der Waals surface area contributed by atoms with Crippen LogP contribution < -0.4 is 16.2 Å². The quantitative estimate of drug-likeness (QED) is 0.600. The number of imide groups is 1. The zero-order valence-electron chi connectivity index (χ0n) is 13.8. The summed E-state index contributed by atoms with van der Waals surface area (Å²) in [5, 5.41) is 17.7. The fourth-order valence-electron chi connectivity index (χ4n) is 2.43. The van der Waals surface area contributed by atoms with Crippen molar-refractivity contribution < 1.29 is 23.9 Å². The second-order valence-electron chi connectivity index (χ2n) is 5.47. The lowest BCUT2D eigenvalue weighted by atomic mass is 10.1. The molecule has 0 unspecified atom stereocenters. The van der Waals surface area contributed by atoms with E-state index in [1.807, 2.05) is 5.32 Å². The first-order valence-corrected chi connectivity index (χ1v) is 7.79. The molecule has 1 aromatic carbocycles. The van der Waals surface area contributed by atoms with Gasteiger partial charge in [0.05, 0.1) is 18.2 Å². The summed E-state index contributed by atoms with van der Waals surface area (Å²) in [5.41, 5.74) is -0.998. The highest BCUT2D eigenvalue weighted by Gasteiger charge is 2.17. The van der Waals surface area contributed by atoms with Crippen molar-refractivity contribution in [3.05, 3.63) is 64.5 Å². The van der Waals surface area contributed by atoms with Crippen LogP contribution in [0.4, 0.5) is 4.79 Å². The molecule has 2 aromatic heterocycles. The summed E-state index contributed by atoms with van der Waals surface area (Å²) < 4.78 is 5.75. The largest absolute Gasteiger partial charge is 0.476 e. The average Bonchev–Trinajstić information content (AvgIpc) is 3.15. The number of carboxylic acid groups (broad SMARTS) is 1. The van der Waals surface area contributed by atoms with Gasteiger partial charge in [0.25, 0.3) is 5.56 Å². The minimum absolute atomic E-state index is 0.0729. The minimum atomic E-state index is -1.34. The SMILES string of the molecule is O=C(Cn1nc(C(=O)O)c2ccccc2c1=O)NC(=O)NCc1ccco1. The number of furan rings is 1. The minimum Gasteiger partial charge on any atom is -0.476 e. The third-order valence-corrected chi connectivity index (χ3v) is 3.62. The Hall–Kier alpha value is -3.95. The molecule has 0 saturated carbocycles. The number of carbonyl (C=O) groups is 3. The van der Waals surface area contributed by atoms with Crippen molar-refractivity contribution in [3.63, 3.8) is 0 Å². The van der Waals surface area contributed by atoms with Crippen molar-refractivity contribution in [2.24, 2.45) is 0 Å². The first-order chi connectivity index (χ1) is 13.0. The molecule has 0 aliphatic rings. The summed E-state index contributed by atoms with van der Waals surface area (Å²) in [7, 11) is 0. The predicted molar refractivity (Wildman–Crippen MR) is 92.0 cm³/mol. The third-order valence-electron chi connectivity index (χ3n) is 3.62. The van der Waals surface area contributed by atoms with Gasteiger partial charge in [-0.15, -0.1) is 0 Å². The number of nitrogens with zero attached hydrogens (tertiary/aromatic N) is 2. The lowest BCUT2D eigenvalue weighted by molar-refractivity contribution is -0.120. The molecule has 3 amide bonds.